The Morgan fingerprint density at radius 1 is 0.973 bits per heavy atom. The zero-order valence-corrected chi connectivity index (χ0v) is 21.0. The second-order valence-electron chi connectivity index (χ2n) is 9.07. The molecule has 1 fully saturated rings. The van der Waals surface area contributed by atoms with Gasteiger partial charge >= 0.3 is 0 Å². The first-order valence-corrected chi connectivity index (χ1v) is 12.2. The summed E-state index contributed by atoms with van der Waals surface area (Å²) >= 11 is 0. The van der Waals surface area contributed by atoms with Gasteiger partial charge in [0.05, 0.1) is 13.7 Å². The highest BCUT2D eigenvalue weighted by Gasteiger charge is 2.26. The van der Waals surface area contributed by atoms with E-state index in [2.05, 4.69) is 9.88 Å². The molecule has 37 heavy (non-hydrogen) atoms. The Morgan fingerprint density at radius 3 is 2.51 bits per heavy atom. The van der Waals surface area contributed by atoms with Gasteiger partial charge in [-0.15, -0.1) is 0 Å². The third kappa shape index (κ3) is 5.69. The fourth-order valence-corrected chi connectivity index (χ4v) is 4.60. The summed E-state index contributed by atoms with van der Waals surface area (Å²) in [5, 5.41) is 0. The van der Waals surface area contributed by atoms with Crippen LogP contribution in [-0.2, 0) is 24.4 Å². The van der Waals surface area contributed by atoms with E-state index in [1.165, 1.54) is 6.26 Å². The molecule has 2 aliphatic heterocycles. The van der Waals surface area contributed by atoms with Crippen molar-refractivity contribution in [2.75, 3.05) is 40.1 Å². The molecule has 3 aromatic rings. The van der Waals surface area contributed by atoms with Crippen molar-refractivity contribution >= 4 is 11.8 Å². The first-order valence-electron chi connectivity index (χ1n) is 12.2. The second-order valence-corrected chi connectivity index (χ2v) is 9.07. The van der Waals surface area contributed by atoms with Crippen molar-refractivity contribution < 1.29 is 28.2 Å². The van der Waals surface area contributed by atoms with Crippen LogP contribution < -0.4 is 14.2 Å². The first kappa shape index (κ1) is 24.6. The molecule has 1 saturated heterocycles. The SMILES string of the molecule is COc1ccccc1CN(Cc1ccc2c(c1)OCO2)Cc1nc(C(=O)N2CCN(C(C)=O)CC2)co1. The maximum atomic E-state index is 13.0. The van der Waals surface area contributed by atoms with Crippen LogP contribution in [0.4, 0.5) is 0 Å². The predicted molar refractivity (Wildman–Crippen MR) is 133 cm³/mol. The van der Waals surface area contributed by atoms with Crippen LogP contribution in [0.25, 0.3) is 0 Å². The number of amides is 2. The summed E-state index contributed by atoms with van der Waals surface area (Å²) in [6, 6.07) is 13.8. The monoisotopic (exact) mass is 506 g/mol. The van der Waals surface area contributed by atoms with E-state index in [-0.39, 0.29) is 24.3 Å². The normalized spacial score (nSPS) is 14.8. The molecule has 194 valence electrons. The summed E-state index contributed by atoms with van der Waals surface area (Å²) in [4.78, 5) is 34.7. The minimum absolute atomic E-state index is 0.0217. The summed E-state index contributed by atoms with van der Waals surface area (Å²) in [6.07, 6.45) is 1.41. The molecule has 0 N–H and O–H groups in total. The van der Waals surface area contributed by atoms with Crippen molar-refractivity contribution in [3.8, 4) is 17.2 Å². The van der Waals surface area contributed by atoms with Gasteiger partial charge in [0, 0.05) is 51.8 Å². The Morgan fingerprint density at radius 2 is 1.73 bits per heavy atom. The number of rotatable bonds is 8. The number of oxazole rings is 1. The predicted octanol–water partition coefficient (Wildman–Crippen LogP) is 2.92. The quantitative estimate of drug-likeness (QED) is 0.460. The zero-order valence-electron chi connectivity index (χ0n) is 21.0. The summed E-state index contributed by atoms with van der Waals surface area (Å²) in [5.41, 5.74) is 2.34. The molecule has 0 aliphatic carbocycles. The molecule has 2 aromatic carbocycles. The van der Waals surface area contributed by atoms with Gasteiger partial charge in [0.1, 0.15) is 12.0 Å². The van der Waals surface area contributed by atoms with E-state index in [4.69, 9.17) is 18.6 Å². The van der Waals surface area contributed by atoms with Crippen LogP contribution in [0.3, 0.4) is 0 Å². The smallest absolute Gasteiger partial charge is 0.275 e. The van der Waals surface area contributed by atoms with Crippen molar-refractivity contribution in [1.29, 1.82) is 0 Å². The Bertz CT molecular complexity index is 1270. The highest BCUT2D eigenvalue weighted by atomic mass is 16.7. The molecule has 3 heterocycles. The lowest BCUT2D eigenvalue weighted by molar-refractivity contribution is -0.130. The van der Waals surface area contributed by atoms with E-state index in [9.17, 15) is 9.59 Å². The topological polar surface area (TPSA) is 97.6 Å². The van der Waals surface area contributed by atoms with Crippen LogP contribution in [-0.4, -0.2) is 71.6 Å². The molecule has 2 aliphatic rings. The molecule has 0 spiro atoms. The molecule has 1 aromatic heterocycles. The highest BCUT2D eigenvalue weighted by molar-refractivity contribution is 5.92. The van der Waals surface area contributed by atoms with Gasteiger partial charge in [-0.2, -0.15) is 0 Å². The average molecular weight is 507 g/mol. The van der Waals surface area contributed by atoms with E-state index in [0.717, 1.165) is 28.4 Å². The summed E-state index contributed by atoms with van der Waals surface area (Å²) in [7, 11) is 1.66. The molecule has 5 rings (SSSR count). The van der Waals surface area contributed by atoms with Crippen LogP contribution in [0, 0.1) is 0 Å². The number of ether oxygens (including phenoxy) is 3. The number of benzene rings is 2. The van der Waals surface area contributed by atoms with Crippen molar-refractivity contribution in [3.05, 3.63) is 71.4 Å². The summed E-state index contributed by atoms with van der Waals surface area (Å²) in [5.74, 6) is 2.54. The summed E-state index contributed by atoms with van der Waals surface area (Å²) < 4.78 is 22.3. The van der Waals surface area contributed by atoms with Crippen LogP contribution in [0.1, 0.15) is 34.4 Å². The van der Waals surface area contributed by atoms with Crippen LogP contribution in [0.5, 0.6) is 17.2 Å². The lowest BCUT2D eigenvalue weighted by atomic mass is 10.1. The molecule has 10 nitrogen and oxygen atoms in total. The number of piperazine rings is 1. The van der Waals surface area contributed by atoms with E-state index >= 15 is 0 Å². The van der Waals surface area contributed by atoms with Crippen molar-refractivity contribution in [3.63, 3.8) is 0 Å². The van der Waals surface area contributed by atoms with Gasteiger partial charge in [-0.3, -0.25) is 14.5 Å². The number of aromatic nitrogens is 1. The minimum atomic E-state index is -0.190. The number of carbonyl (C=O) groups is 2. The van der Waals surface area contributed by atoms with Gasteiger partial charge in [-0.1, -0.05) is 24.3 Å². The lowest BCUT2D eigenvalue weighted by Crippen LogP contribution is -2.50. The average Bonchev–Trinajstić information content (AvgIpc) is 3.58. The number of carbonyl (C=O) groups excluding carboxylic acids is 2. The number of hydrogen-bond acceptors (Lipinski definition) is 8. The Hall–Kier alpha value is -4.05. The molecule has 0 bridgehead atoms. The van der Waals surface area contributed by atoms with Gasteiger partial charge in [-0.25, -0.2) is 4.98 Å². The standard InChI is InChI=1S/C27H30N4O6/c1-19(32)30-9-11-31(12-10-30)27(33)22-17-35-26(28-22)16-29(15-21-5-3-4-6-23(21)34-2)14-20-7-8-24-25(13-20)37-18-36-24/h3-8,13,17H,9-12,14-16,18H2,1-2H3. The van der Waals surface area contributed by atoms with Gasteiger partial charge in [0.15, 0.2) is 17.2 Å². The van der Waals surface area contributed by atoms with Gasteiger partial charge in [-0.05, 0) is 23.8 Å². The number of para-hydroxylation sites is 1. The van der Waals surface area contributed by atoms with E-state index in [1.807, 2.05) is 42.5 Å². The molecule has 0 saturated carbocycles. The molecule has 0 unspecified atom stereocenters. The molecular formula is C27H30N4O6. The number of hydrogen-bond donors (Lipinski definition) is 0. The van der Waals surface area contributed by atoms with Crippen LogP contribution in [0.2, 0.25) is 0 Å². The maximum absolute atomic E-state index is 13.0. The highest BCUT2D eigenvalue weighted by Crippen LogP contribution is 2.33. The van der Waals surface area contributed by atoms with E-state index in [1.54, 1.807) is 23.8 Å². The molecule has 0 radical (unpaired) electrons. The minimum Gasteiger partial charge on any atom is -0.496 e. The molecule has 10 heteroatoms. The molecule has 2 amide bonds. The Kier molecular flexibility index (Phi) is 7.27. The lowest BCUT2D eigenvalue weighted by Gasteiger charge is -2.33. The summed E-state index contributed by atoms with van der Waals surface area (Å²) in [6.45, 7) is 5.32. The van der Waals surface area contributed by atoms with Gasteiger partial charge in [0.2, 0.25) is 18.6 Å². The fourth-order valence-electron chi connectivity index (χ4n) is 4.60. The van der Waals surface area contributed by atoms with Crippen molar-refractivity contribution in [1.82, 2.24) is 19.7 Å². The van der Waals surface area contributed by atoms with E-state index in [0.29, 0.717) is 51.7 Å². The maximum Gasteiger partial charge on any atom is 0.275 e. The second kappa shape index (κ2) is 10.9. The largest absolute Gasteiger partial charge is 0.496 e. The number of fused-ring (bicyclic) bond motifs is 1. The third-order valence-electron chi connectivity index (χ3n) is 6.57. The van der Waals surface area contributed by atoms with Gasteiger partial charge in [0.25, 0.3) is 5.91 Å². The first-order chi connectivity index (χ1) is 18.0. The third-order valence-corrected chi connectivity index (χ3v) is 6.57. The fraction of sp³-hybridized carbons (Fsp3) is 0.370. The van der Waals surface area contributed by atoms with Crippen molar-refractivity contribution in [2.24, 2.45) is 0 Å². The van der Waals surface area contributed by atoms with Crippen LogP contribution in [0.15, 0.2) is 53.1 Å². The Balaban J connectivity index is 1.31. The number of methoxy groups -OCH3 is 1. The molecule has 0 atom stereocenters. The van der Waals surface area contributed by atoms with Crippen molar-refractivity contribution in [2.45, 2.75) is 26.6 Å². The Labute approximate surface area is 215 Å². The molecular weight excluding hydrogens is 476 g/mol. The van der Waals surface area contributed by atoms with Gasteiger partial charge < -0.3 is 28.4 Å². The van der Waals surface area contributed by atoms with E-state index < -0.39 is 0 Å². The zero-order chi connectivity index (χ0) is 25.8. The van der Waals surface area contributed by atoms with Crippen LogP contribution >= 0.6 is 0 Å². The number of nitrogens with zero attached hydrogens (tertiary/aromatic N) is 4.